The predicted octanol–water partition coefficient (Wildman–Crippen LogP) is 2.24. The summed E-state index contributed by atoms with van der Waals surface area (Å²) in [4.78, 5) is 13.9. The van der Waals surface area contributed by atoms with Crippen LogP contribution < -0.4 is 0 Å². The number of nitrogens with zero attached hydrogens (tertiary/aromatic N) is 1. The van der Waals surface area contributed by atoms with Crippen molar-refractivity contribution in [2.24, 2.45) is 0 Å². The van der Waals surface area contributed by atoms with Gasteiger partial charge in [0, 0.05) is 23.7 Å². The maximum Gasteiger partial charge on any atom is 0.178 e. The fourth-order valence-electron chi connectivity index (χ4n) is 1.96. The number of carbonyl (C=O) groups is 1. The molecule has 2 rings (SSSR count). The Morgan fingerprint density at radius 2 is 2.24 bits per heavy atom. The summed E-state index contributed by atoms with van der Waals surface area (Å²) in [5.74, 6) is -0.0410. The van der Waals surface area contributed by atoms with E-state index in [0.29, 0.717) is 28.7 Å². The van der Waals surface area contributed by atoms with E-state index in [4.69, 9.17) is 23.2 Å². The number of halogens is 2. The van der Waals surface area contributed by atoms with Crippen molar-refractivity contribution in [2.45, 2.75) is 12.5 Å². The molecule has 17 heavy (non-hydrogen) atoms. The molecule has 1 aliphatic rings. The van der Waals surface area contributed by atoms with Gasteiger partial charge in [0.25, 0.3) is 0 Å². The Morgan fingerprint density at radius 3 is 2.82 bits per heavy atom. The quantitative estimate of drug-likeness (QED) is 0.859. The van der Waals surface area contributed by atoms with Crippen LogP contribution >= 0.6 is 23.2 Å². The minimum atomic E-state index is -0.316. The largest absolute Gasteiger partial charge is 0.392 e. The van der Waals surface area contributed by atoms with Gasteiger partial charge in [-0.1, -0.05) is 23.2 Å². The van der Waals surface area contributed by atoms with Gasteiger partial charge in [0.15, 0.2) is 5.78 Å². The first-order valence-electron chi connectivity index (χ1n) is 5.45. The van der Waals surface area contributed by atoms with Crippen LogP contribution in [0.15, 0.2) is 18.2 Å². The average Bonchev–Trinajstić information content (AvgIpc) is 2.63. The maximum absolute atomic E-state index is 12.0. The monoisotopic (exact) mass is 273 g/mol. The van der Waals surface area contributed by atoms with E-state index in [1.165, 1.54) is 0 Å². The molecule has 0 bridgehead atoms. The minimum Gasteiger partial charge on any atom is -0.392 e. The third-order valence-electron chi connectivity index (χ3n) is 2.85. The standard InChI is InChI=1S/C12H13Cl2NO2/c13-8-1-2-10(11(14)5-8)12(17)7-15-4-3-9(16)6-15/h1-2,5,9,16H,3-4,6-7H2/t9-/m0/s1. The molecule has 1 N–H and O–H groups in total. The van der Waals surface area contributed by atoms with Crippen molar-refractivity contribution in [3.63, 3.8) is 0 Å². The first-order valence-corrected chi connectivity index (χ1v) is 6.20. The van der Waals surface area contributed by atoms with Crippen LogP contribution in [0.1, 0.15) is 16.8 Å². The highest BCUT2D eigenvalue weighted by atomic mass is 35.5. The van der Waals surface area contributed by atoms with Gasteiger partial charge in [-0.2, -0.15) is 0 Å². The van der Waals surface area contributed by atoms with Crippen LogP contribution in [0.25, 0.3) is 0 Å². The summed E-state index contributed by atoms with van der Waals surface area (Å²) in [6, 6.07) is 4.86. The molecule has 1 aromatic carbocycles. The van der Waals surface area contributed by atoms with E-state index in [2.05, 4.69) is 0 Å². The Balaban J connectivity index is 2.04. The molecular formula is C12H13Cl2NO2. The Labute approximate surface area is 110 Å². The molecule has 0 spiro atoms. The van der Waals surface area contributed by atoms with Crippen molar-refractivity contribution >= 4 is 29.0 Å². The number of likely N-dealkylation sites (tertiary alicyclic amines) is 1. The number of hydrogen-bond donors (Lipinski definition) is 1. The van der Waals surface area contributed by atoms with E-state index in [0.717, 1.165) is 13.0 Å². The second-order valence-electron chi connectivity index (χ2n) is 4.22. The number of benzene rings is 1. The third kappa shape index (κ3) is 3.19. The number of Topliss-reactive ketones (excluding diaryl/α,β-unsaturated/α-hetero) is 1. The van der Waals surface area contributed by atoms with Crippen molar-refractivity contribution in [1.29, 1.82) is 0 Å². The molecule has 0 aromatic heterocycles. The number of β-amino-alcohol motifs (C(OH)–C–C–N with tert-alkyl or cyclic N) is 1. The molecule has 1 aliphatic heterocycles. The van der Waals surface area contributed by atoms with E-state index in [1.54, 1.807) is 18.2 Å². The highest BCUT2D eigenvalue weighted by Crippen LogP contribution is 2.22. The van der Waals surface area contributed by atoms with Crippen molar-refractivity contribution < 1.29 is 9.90 Å². The average molecular weight is 274 g/mol. The zero-order valence-electron chi connectivity index (χ0n) is 9.20. The van der Waals surface area contributed by atoms with E-state index in [-0.39, 0.29) is 11.9 Å². The third-order valence-corrected chi connectivity index (χ3v) is 3.39. The molecule has 1 fully saturated rings. The van der Waals surface area contributed by atoms with Crippen LogP contribution in [0.3, 0.4) is 0 Å². The van der Waals surface area contributed by atoms with Crippen molar-refractivity contribution in [1.82, 2.24) is 4.90 Å². The van der Waals surface area contributed by atoms with Crippen LogP contribution in [0, 0.1) is 0 Å². The van der Waals surface area contributed by atoms with Gasteiger partial charge >= 0.3 is 0 Å². The first-order chi connectivity index (χ1) is 8.06. The van der Waals surface area contributed by atoms with Crippen LogP contribution in [0.4, 0.5) is 0 Å². The van der Waals surface area contributed by atoms with Crippen LogP contribution in [-0.4, -0.2) is 41.5 Å². The lowest BCUT2D eigenvalue weighted by atomic mass is 10.1. The maximum atomic E-state index is 12.0. The van der Waals surface area contributed by atoms with Gasteiger partial charge in [-0.25, -0.2) is 0 Å². The summed E-state index contributed by atoms with van der Waals surface area (Å²) in [6.45, 7) is 1.59. The molecule has 0 aliphatic carbocycles. The molecule has 1 saturated heterocycles. The van der Waals surface area contributed by atoms with Gasteiger partial charge in [-0.15, -0.1) is 0 Å². The highest BCUT2D eigenvalue weighted by Gasteiger charge is 2.23. The van der Waals surface area contributed by atoms with Crippen LogP contribution in [0.5, 0.6) is 0 Å². The van der Waals surface area contributed by atoms with Crippen molar-refractivity contribution in [3.05, 3.63) is 33.8 Å². The lowest BCUT2D eigenvalue weighted by Crippen LogP contribution is -2.28. The van der Waals surface area contributed by atoms with Gasteiger partial charge in [0.05, 0.1) is 17.7 Å². The molecule has 1 atom stereocenters. The van der Waals surface area contributed by atoms with Crippen molar-refractivity contribution in [3.8, 4) is 0 Å². The molecule has 92 valence electrons. The number of carbonyl (C=O) groups excluding carboxylic acids is 1. The summed E-state index contributed by atoms with van der Waals surface area (Å²) in [5, 5.41) is 10.3. The van der Waals surface area contributed by atoms with E-state index < -0.39 is 0 Å². The molecule has 0 radical (unpaired) electrons. The van der Waals surface area contributed by atoms with Gasteiger partial charge in [0.2, 0.25) is 0 Å². The Bertz CT molecular complexity index is 437. The lowest BCUT2D eigenvalue weighted by Gasteiger charge is -2.14. The Hall–Kier alpha value is -0.610. The number of aliphatic hydroxyl groups is 1. The number of hydrogen-bond acceptors (Lipinski definition) is 3. The second-order valence-corrected chi connectivity index (χ2v) is 5.07. The highest BCUT2D eigenvalue weighted by molar-refractivity contribution is 6.36. The number of aliphatic hydroxyl groups excluding tert-OH is 1. The molecular weight excluding hydrogens is 261 g/mol. The zero-order chi connectivity index (χ0) is 12.4. The van der Waals surface area contributed by atoms with E-state index in [9.17, 15) is 9.90 Å². The number of rotatable bonds is 3. The molecule has 0 unspecified atom stereocenters. The SMILES string of the molecule is O=C(CN1CC[C@H](O)C1)c1ccc(Cl)cc1Cl. The summed E-state index contributed by atoms with van der Waals surface area (Å²) >= 11 is 11.7. The molecule has 0 amide bonds. The molecule has 5 heteroatoms. The smallest absolute Gasteiger partial charge is 0.178 e. The first kappa shape index (κ1) is 12.8. The summed E-state index contributed by atoms with van der Waals surface area (Å²) in [5.41, 5.74) is 0.484. The van der Waals surface area contributed by atoms with E-state index in [1.807, 2.05) is 4.90 Å². The van der Waals surface area contributed by atoms with Gasteiger partial charge in [-0.05, 0) is 24.6 Å². The van der Waals surface area contributed by atoms with Crippen LogP contribution in [-0.2, 0) is 0 Å². The lowest BCUT2D eigenvalue weighted by molar-refractivity contribution is 0.0935. The second kappa shape index (κ2) is 5.36. The fraction of sp³-hybridized carbons (Fsp3) is 0.417. The minimum absolute atomic E-state index is 0.0410. The Kier molecular flexibility index (Phi) is 4.05. The van der Waals surface area contributed by atoms with E-state index >= 15 is 0 Å². The topological polar surface area (TPSA) is 40.5 Å². The molecule has 0 saturated carbocycles. The summed E-state index contributed by atoms with van der Waals surface area (Å²) in [7, 11) is 0. The normalized spacial score (nSPS) is 20.8. The predicted molar refractivity (Wildman–Crippen MR) is 67.9 cm³/mol. The van der Waals surface area contributed by atoms with Crippen molar-refractivity contribution in [2.75, 3.05) is 19.6 Å². The van der Waals surface area contributed by atoms with Gasteiger partial charge in [-0.3, -0.25) is 9.69 Å². The molecule has 1 heterocycles. The summed E-state index contributed by atoms with van der Waals surface area (Å²) in [6.07, 6.45) is 0.408. The zero-order valence-corrected chi connectivity index (χ0v) is 10.7. The van der Waals surface area contributed by atoms with Crippen LogP contribution in [0.2, 0.25) is 10.0 Å². The molecule has 1 aromatic rings. The van der Waals surface area contributed by atoms with Gasteiger partial charge < -0.3 is 5.11 Å². The fourth-order valence-corrected chi connectivity index (χ4v) is 2.47. The Morgan fingerprint density at radius 1 is 1.47 bits per heavy atom. The van der Waals surface area contributed by atoms with Gasteiger partial charge in [0.1, 0.15) is 0 Å². The number of ketones is 1. The molecule has 3 nitrogen and oxygen atoms in total. The summed E-state index contributed by atoms with van der Waals surface area (Å²) < 4.78 is 0.